The molecule has 112 valence electrons. The molecule has 2 atom stereocenters. The van der Waals surface area contributed by atoms with Gasteiger partial charge in [0.15, 0.2) is 0 Å². The molecule has 0 aromatic carbocycles. The number of amides is 1. The summed E-state index contributed by atoms with van der Waals surface area (Å²) in [5.41, 5.74) is -0.595. The molecule has 0 fully saturated rings. The first-order valence-corrected chi connectivity index (χ1v) is 7.59. The summed E-state index contributed by atoms with van der Waals surface area (Å²) in [5.74, 6) is -0.225. The second-order valence-electron chi connectivity index (χ2n) is 5.52. The second kappa shape index (κ2) is 7.05. The smallest absolute Gasteiger partial charge is 0.408 e. The minimum absolute atomic E-state index is 0.225. The quantitative estimate of drug-likeness (QED) is 0.631. The predicted molar refractivity (Wildman–Crippen MR) is 84.1 cm³/mol. The molecule has 0 bridgehead atoms. The van der Waals surface area contributed by atoms with Gasteiger partial charge in [-0.05, 0) is 27.2 Å². The fraction of sp³-hybridized carbons (Fsp3) is 0.615. The molecule has 0 radical (unpaired) electrons. The first-order chi connectivity index (χ1) is 9.19. The van der Waals surface area contributed by atoms with Crippen molar-refractivity contribution in [2.75, 3.05) is 0 Å². The summed E-state index contributed by atoms with van der Waals surface area (Å²) in [6.45, 7) is 7.31. The van der Waals surface area contributed by atoms with Gasteiger partial charge in [0, 0.05) is 16.3 Å². The van der Waals surface area contributed by atoms with Gasteiger partial charge < -0.3 is 10.1 Å². The molecule has 2 unspecified atom stereocenters. The van der Waals surface area contributed by atoms with Crippen LogP contribution < -0.4 is 5.32 Å². The SMILES string of the molecule is CC(I)CC(NC(=O)OC(C)(C)C)C(=O)n1ccnc1. The maximum absolute atomic E-state index is 12.3. The van der Waals surface area contributed by atoms with Gasteiger partial charge in [0.2, 0.25) is 0 Å². The van der Waals surface area contributed by atoms with Crippen molar-refractivity contribution in [1.82, 2.24) is 14.9 Å². The van der Waals surface area contributed by atoms with Crippen molar-refractivity contribution in [3.63, 3.8) is 0 Å². The monoisotopic (exact) mass is 393 g/mol. The number of imidazole rings is 1. The van der Waals surface area contributed by atoms with E-state index in [2.05, 4.69) is 32.9 Å². The molecule has 1 heterocycles. The Labute approximate surface area is 132 Å². The number of halogens is 1. The Morgan fingerprint density at radius 3 is 2.55 bits per heavy atom. The zero-order chi connectivity index (χ0) is 15.3. The molecule has 0 aliphatic heterocycles. The maximum atomic E-state index is 12.3. The summed E-state index contributed by atoms with van der Waals surface area (Å²) in [6, 6.07) is -0.633. The first-order valence-electron chi connectivity index (χ1n) is 6.35. The van der Waals surface area contributed by atoms with Crippen LogP contribution >= 0.6 is 22.6 Å². The summed E-state index contributed by atoms with van der Waals surface area (Å²) in [6.07, 6.45) is 4.44. The highest BCUT2D eigenvalue weighted by Crippen LogP contribution is 2.12. The lowest BCUT2D eigenvalue weighted by molar-refractivity contribution is 0.0479. The lowest BCUT2D eigenvalue weighted by Gasteiger charge is -2.23. The van der Waals surface area contributed by atoms with E-state index in [0.717, 1.165) is 0 Å². The number of ether oxygens (including phenoxy) is 1. The van der Waals surface area contributed by atoms with Gasteiger partial charge in [-0.3, -0.25) is 9.36 Å². The molecule has 1 amide bonds. The molecule has 20 heavy (non-hydrogen) atoms. The Hall–Kier alpha value is -1.12. The standard InChI is InChI=1S/C13H20IN3O3/c1-9(14)7-10(11(18)17-6-5-15-8-17)16-12(19)20-13(2,3)4/h5-6,8-10H,7H2,1-4H3,(H,16,19). The van der Waals surface area contributed by atoms with Crippen LogP contribution in [0, 0.1) is 0 Å². The topological polar surface area (TPSA) is 73.2 Å². The summed E-state index contributed by atoms with van der Waals surface area (Å²) >= 11 is 2.21. The van der Waals surface area contributed by atoms with Crippen LogP contribution in [-0.4, -0.2) is 37.1 Å². The van der Waals surface area contributed by atoms with E-state index in [0.29, 0.717) is 6.42 Å². The highest BCUT2D eigenvalue weighted by Gasteiger charge is 2.26. The van der Waals surface area contributed by atoms with E-state index in [4.69, 9.17) is 4.74 Å². The molecule has 1 N–H and O–H groups in total. The van der Waals surface area contributed by atoms with Crippen LogP contribution in [0.4, 0.5) is 4.79 Å². The Morgan fingerprint density at radius 1 is 1.45 bits per heavy atom. The average molecular weight is 393 g/mol. The van der Waals surface area contributed by atoms with Crippen LogP contribution in [0.5, 0.6) is 0 Å². The zero-order valence-corrected chi connectivity index (χ0v) is 14.2. The normalized spacial score (nSPS) is 14.4. The highest BCUT2D eigenvalue weighted by molar-refractivity contribution is 14.1. The third kappa shape index (κ3) is 5.89. The molecule has 7 heteroatoms. The van der Waals surface area contributed by atoms with Gasteiger partial charge in [0.1, 0.15) is 18.0 Å². The number of alkyl halides is 1. The number of hydrogen-bond donors (Lipinski definition) is 1. The third-order valence-corrected chi connectivity index (χ3v) is 2.82. The number of carbonyl (C=O) groups excluding carboxylic acids is 2. The van der Waals surface area contributed by atoms with Gasteiger partial charge >= 0.3 is 6.09 Å². The number of nitrogens with one attached hydrogen (secondary N) is 1. The molecule has 0 aliphatic rings. The molecular weight excluding hydrogens is 373 g/mol. The Kier molecular flexibility index (Phi) is 5.97. The lowest BCUT2D eigenvalue weighted by atomic mass is 10.1. The molecule has 0 saturated heterocycles. The molecule has 0 saturated carbocycles. The summed E-state index contributed by atoms with van der Waals surface area (Å²) in [7, 11) is 0. The van der Waals surface area contributed by atoms with E-state index in [-0.39, 0.29) is 9.83 Å². The zero-order valence-electron chi connectivity index (χ0n) is 12.1. The van der Waals surface area contributed by atoms with Crippen molar-refractivity contribution < 1.29 is 14.3 Å². The van der Waals surface area contributed by atoms with Gasteiger partial charge in [0.05, 0.1) is 0 Å². The van der Waals surface area contributed by atoms with E-state index in [9.17, 15) is 9.59 Å². The minimum Gasteiger partial charge on any atom is -0.444 e. The van der Waals surface area contributed by atoms with Crippen LogP contribution in [0.25, 0.3) is 0 Å². The minimum atomic E-state index is -0.633. The average Bonchev–Trinajstić information content (AvgIpc) is 2.76. The number of rotatable bonds is 4. The number of hydrogen-bond acceptors (Lipinski definition) is 4. The van der Waals surface area contributed by atoms with Gasteiger partial charge in [0.25, 0.3) is 5.91 Å². The number of carbonyl (C=O) groups is 2. The van der Waals surface area contributed by atoms with Gasteiger partial charge in [-0.2, -0.15) is 0 Å². The summed E-state index contributed by atoms with van der Waals surface area (Å²) in [5, 5.41) is 2.63. The summed E-state index contributed by atoms with van der Waals surface area (Å²) < 4.78 is 6.79. The van der Waals surface area contributed by atoms with Crippen LogP contribution in [-0.2, 0) is 4.74 Å². The molecule has 1 aromatic rings. The Morgan fingerprint density at radius 2 is 2.10 bits per heavy atom. The Bertz CT molecular complexity index is 452. The molecule has 6 nitrogen and oxygen atoms in total. The van der Waals surface area contributed by atoms with Crippen molar-refractivity contribution >= 4 is 34.6 Å². The van der Waals surface area contributed by atoms with Crippen molar-refractivity contribution in [2.45, 2.75) is 49.7 Å². The molecule has 0 aliphatic carbocycles. The van der Waals surface area contributed by atoms with Gasteiger partial charge in [-0.25, -0.2) is 9.78 Å². The van der Waals surface area contributed by atoms with Crippen molar-refractivity contribution in [2.24, 2.45) is 0 Å². The third-order valence-electron chi connectivity index (χ3n) is 2.31. The van der Waals surface area contributed by atoms with Gasteiger partial charge in [-0.15, -0.1) is 0 Å². The van der Waals surface area contributed by atoms with Crippen LogP contribution in [0.15, 0.2) is 18.7 Å². The molecule has 1 aromatic heterocycles. The summed E-state index contributed by atoms with van der Waals surface area (Å²) in [4.78, 5) is 27.9. The number of alkyl carbamates (subject to hydrolysis) is 1. The molecule has 0 spiro atoms. The van der Waals surface area contributed by atoms with Crippen molar-refractivity contribution in [1.29, 1.82) is 0 Å². The van der Waals surface area contributed by atoms with Crippen LogP contribution in [0.3, 0.4) is 0 Å². The van der Waals surface area contributed by atoms with E-state index in [1.54, 1.807) is 27.0 Å². The lowest BCUT2D eigenvalue weighted by Crippen LogP contribution is -2.46. The first kappa shape index (κ1) is 16.9. The molecule has 1 rings (SSSR count). The fourth-order valence-electron chi connectivity index (χ4n) is 1.57. The number of nitrogens with zero attached hydrogens (tertiary/aromatic N) is 2. The highest BCUT2D eigenvalue weighted by atomic mass is 127. The largest absolute Gasteiger partial charge is 0.444 e. The van der Waals surface area contributed by atoms with Crippen LogP contribution in [0.1, 0.15) is 38.9 Å². The van der Waals surface area contributed by atoms with E-state index >= 15 is 0 Å². The second-order valence-corrected chi connectivity index (χ2v) is 7.65. The molecular formula is C13H20IN3O3. The van der Waals surface area contributed by atoms with Crippen molar-refractivity contribution in [3.05, 3.63) is 18.7 Å². The van der Waals surface area contributed by atoms with Crippen molar-refractivity contribution in [3.8, 4) is 0 Å². The van der Waals surface area contributed by atoms with E-state index in [1.165, 1.54) is 17.1 Å². The van der Waals surface area contributed by atoms with E-state index < -0.39 is 17.7 Å². The maximum Gasteiger partial charge on any atom is 0.408 e. The fourth-order valence-corrected chi connectivity index (χ4v) is 2.07. The van der Waals surface area contributed by atoms with Gasteiger partial charge in [-0.1, -0.05) is 29.5 Å². The van der Waals surface area contributed by atoms with E-state index in [1.807, 2.05) is 6.92 Å². The number of aromatic nitrogens is 2. The van der Waals surface area contributed by atoms with Crippen LogP contribution in [0.2, 0.25) is 0 Å². The Balaban J connectivity index is 2.75. The predicted octanol–water partition coefficient (Wildman–Crippen LogP) is 2.63.